The van der Waals surface area contributed by atoms with Gasteiger partial charge in [0.1, 0.15) is 17.2 Å². The number of rotatable bonds is 2. The number of aryl methyl sites for hydroxylation is 2. The molecule has 6 heteroatoms. The number of methoxy groups -OCH3 is 1. The number of fused-ring (bicyclic) bond motifs is 1. The summed E-state index contributed by atoms with van der Waals surface area (Å²) >= 11 is 0. The number of hydrogen-bond donors (Lipinski definition) is 0. The smallest absolute Gasteiger partial charge is 0.340 e. The van der Waals surface area contributed by atoms with E-state index in [0.29, 0.717) is 28.0 Å². The molecule has 3 rings (SSSR count). The van der Waals surface area contributed by atoms with Crippen molar-refractivity contribution in [1.82, 2.24) is 14.5 Å². The highest BCUT2D eigenvalue weighted by Gasteiger charge is 2.19. The summed E-state index contributed by atoms with van der Waals surface area (Å²) in [5.41, 5.74) is 2.43. The van der Waals surface area contributed by atoms with Gasteiger partial charge in [-0.15, -0.1) is 0 Å². The van der Waals surface area contributed by atoms with Gasteiger partial charge in [0, 0.05) is 12.6 Å². The van der Waals surface area contributed by atoms with E-state index in [-0.39, 0.29) is 5.82 Å². The minimum Gasteiger partial charge on any atom is -0.465 e. The van der Waals surface area contributed by atoms with Gasteiger partial charge in [-0.1, -0.05) is 12.1 Å². The molecular formula is C16H14FN3O2. The lowest BCUT2D eigenvalue weighted by Crippen LogP contribution is -2.04. The summed E-state index contributed by atoms with van der Waals surface area (Å²) in [5, 5.41) is 0. The standard InChI is InChI=1S/C16H14FN3O2/c1-9-18-14-12(16(21)22-3)8-13(19-15(14)20(9)2)10-5-4-6-11(17)7-10/h4-8H,1-3H3. The maximum atomic E-state index is 13.4. The molecule has 0 N–H and O–H groups in total. The number of benzene rings is 1. The molecule has 0 saturated heterocycles. The predicted molar refractivity (Wildman–Crippen MR) is 80.0 cm³/mol. The second kappa shape index (κ2) is 5.22. The van der Waals surface area contributed by atoms with Crippen LogP contribution < -0.4 is 0 Å². The van der Waals surface area contributed by atoms with Gasteiger partial charge in [0.15, 0.2) is 5.65 Å². The third-order valence-corrected chi connectivity index (χ3v) is 3.58. The number of carbonyl (C=O) groups is 1. The molecule has 0 atom stereocenters. The SMILES string of the molecule is COC(=O)c1cc(-c2cccc(F)c2)nc2c1nc(C)n2C. The normalized spacial score (nSPS) is 10.9. The average Bonchev–Trinajstić information content (AvgIpc) is 2.81. The molecule has 0 spiro atoms. The van der Waals surface area contributed by atoms with Gasteiger partial charge in [0.05, 0.1) is 18.4 Å². The van der Waals surface area contributed by atoms with Gasteiger partial charge < -0.3 is 9.30 Å². The average molecular weight is 299 g/mol. The minimum atomic E-state index is -0.497. The monoisotopic (exact) mass is 299 g/mol. The van der Waals surface area contributed by atoms with Crippen LogP contribution in [0.2, 0.25) is 0 Å². The van der Waals surface area contributed by atoms with Gasteiger partial charge in [-0.2, -0.15) is 0 Å². The first kappa shape index (κ1) is 14.2. The molecule has 112 valence electrons. The van der Waals surface area contributed by atoms with Crippen molar-refractivity contribution < 1.29 is 13.9 Å². The molecule has 2 heterocycles. The van der Waals surface area contributed by atoms with Crippen molar-refractivity contribution >= 4 is 17.1 Å². The Labute approximate surface area is 126 Å². The van der Waals surface area contributed by atoms with Crippen LogP contribution in [0.4, 0.5) is 4.39 Å². The zero-order valence-electron chi connectivity index (χ0n) is 12.4. The summed E-state index contributed by atoms with van der Waals surface area (Å²) in [5.74, 6) is -0.132. The van der Waals surface area contributed by atoms with Gasteiger partial charge in [-0.3, -0.25) is 0 Å². The number of esters is 1. The molecule has 0 radical (unpaired) electrons. The lowest BCUT2D eigenvalue weighted by molar-refractivity contribution is 0.0602. The molecular weight excluding hydrogens is 285 g/mol. The van der Waals surface area contributed by atoms with Crippen LogP contribution in [0.25, 0.3) is 22.4 Å². The van der Waals surface area contributed by atoms with E-state index in [9.17, 15) is 9.18 Å². The van der Waals surface area contributed by atoms with Crippen LogP contribution in [-0.4, -0.2) is 27.6 Å². The molecule has 1 aromatic carbocycles. The molecule has 0 fully saturated rings. The Kier molecular flexibility index (Phi) is 3.36. The number of carbonyl (C=O) groups excluding carboxylic acids is 1. The number of halogens is 1. The van der Waals surface area contributed by atoms with E-state index in [2.05, 4.69) is 9.97 Å². The van der Waals surface area contributed by atoms with E-state index < -0.39 is 5.97 Å². The van der Waals surface area contributed by atoms with E-state index in [1.807, 2.05) is 14.0 Å². The third-order valence-electron chi connectivity index (χ3n) is 3.58. The summed E-state index contributed by atoms with van der Waals surface area (Å²) in [6, 6.07) is 7.65. The zero-order chi connectivity index (χ0) is 15.9. The van der Waals surface area contributed by atoms with E-state index in [1.165, 1.54) is 19.2 Å². The Balaban J connectivity index is 2.33. The van der Waals surface area contributed by atoms with E-state index in [0.717, 1.165) is 5.82 Å². The lowest BCUT2D eigenvalue weighted by Gasteiger charge is -2.06. The first-order valence-electron chi connectivity index (χ1n) is 6.69. The van der Waals surface area contributed by atoms with Crippen molar-refractivity contribution in [3.05, 3.63) is 47.5 Å². The lowest BCUT2D eigenvalue weighted by atomic mass is 10.1. The van der Waals surface area contributed by atoms with Gasteiger partial charge in [0.2, 0.25) is 0 Å². The van der Waals surface area contributed by atoms with Crippen molar-refractivity contribution in [2.75, 3.05) is 7.11 Å². The third kappa shape index (κ3) is 2.22. The fourth-order valence-corrected chi connectivity index (χ4v) is 2.32. The molecule has 0 unspecified atom stereocenters. The first-order valence-corrected chi connectivity index (χ1v) is 6.69. The molecule has 0 amide bonds. The fraction of sp³-hybridized carbons (Fsp3) is 0.188. The Morgan fingerprint density at radius 2 is 2.05 bits per heavy atom. The number of aromatic nitrogens is 3. The summed E-state index contributed by atoms with van der Waals surface area (Å²) in [4.78, 5) is 20.9. The molecule has 0 aliphatic heterocycles. The van der Waals surface area contributed by atoms with Crippen LogP contribution in [-0.2, 0) is 11.8 Å². The Morgan fingerprint density at radius 3 is 2.73 bits per heavy atom. The molecule has 22 heavy (non-hydrogen) atoms. The second-order valence-electron chi connectivity index (χ2n) is 4.95. The summed E-state index contributed by atoms with van der Waals surface area (Å²) < 4.78 is 20.0. The Hall–Kier alpha value is -2.76. The van der Waals surface area contributed by atoms with Crippen molar-refractivity contribution in [3.8, 4) is 11.3 Å². The van der Waals surface area contributed by atoms with E-state index in [4.69, 9.17) is 4.74 Å². The summed E-state index contributed by atoms with van der Waals surface area (Å²) in [6.07, 6.45) is 0. The van der Waals surface area contributed by atoms with E-state index >= 15 is 0 Å². The molecule has 0 aliphatic rings. The Bertz CT molecular complexity index is 886. The van der Waals surface area contributed by atoms with E-state index in [1.54, 1.807) is 22.8 Å². The van der Waals surface area contributed by atoms with Gasteiger partial charge >= 0.3 is 5.97 Å². The highest BCUT2D eigenvalue weighted by Crippen LogP contribution is 2.25. The van der Waals surface area contributed by atoms with Crippen LogP contribution in [0.3, 0.4) is 0 Å². The molecule has 5 nitrogen and oxygen atoms in total. The number of pyridine rings is 1. The van der Waals surface area contributed by atoms with Crippen molar-refractivity contribution in [3.63, 3.8) is 0 Å². The zero-order valence-corrected chi connectivity index (χ0v) is 12.4. The molecule has 2 aromatic heterocycles. The molecule has 0 bridgehead atoms. The maximum Gasteiger partial charge on any atom is 0.340 e. The predicted octanol–water partition coefficient (Wildman–Crippen LogP) is 2.87. The summed E-state index contributed by atoms with van der Waals surface area (Å²) in [6.45, 7) is 1.82. The van der Waals surface area contributed by atoms with Crippen molar-refractivity contribution in [2.45, 2.75) is 6.92 Å². The van der Waals surface area contributed by atoms with Crippen LogP contribution >= 0.6 is 0 Å². The number of imidazole rings is 1. The van der Waals surface area contributed by atoms with Crippen molar-refractivity contribution in [2.24, 2.45) is 7.05 Å². The topological polar surface area (TPSA) is 57.0 Å². The number of nitrogens with zero attached hydrogens (tertiary/aromatic N) is 3. The van der Waals surface area contributed by atoms with Crippen molar-refractivity contribution in [1.29, 1.82) is 0 Å². The van der Waals surface area contributed by atoms with Crippen LogP contribution in [0.5, 0.6) is 0 Å². The minimum absolute atomic E-state index is 0.315. The Morgan fingerprint density at radius 1 is 1.27 bits per heavy atom. The van der Waals surface area contributed by atoms with Gasteiger partial charge in [0.25, 0.3) is 0 Å². The van der Waals surface area contributed by atoms with Crippen LogP contribution in [0.15, 0.2) is 30.3 Å². The number of hydrogen-bond acceptors (Lipinski definition) is 4. The highest BCUT2D eigenvalue weighted by molar-refractivity contribution is 6.02. The maximum absolute atomic E-state index is 13.4. The summed E-state index contributed by atoms with van der Waals surface area (Å²) in [7, 11) is 3.13. The van der Waals surface area contributed by atoms with Crippen LogP contribution in [0.1, 0.15) is 16.2 Å². The van der Waals surface area contributed by atoms with Gasteiger partial charge in [-0.25, -0.2) is 19.2 Å². The molecule has 0 aliphatic carbocycles. The highest BCUT2D eigenvalue weighted by atomic mass is 19.1. The molecule has 3 aromatic rings. The fourth-order valence-electron chi connectivity index (χ4n) is 2.32. The largest absolute Gasteiger partial charge is 0.465 e. The molecule has 0 saturated carbocycles. The van der Waals surface area contributed by atoms with Gasteiger partial charge in [-0.05, 0) is 25.1 Å². The first-order chi connectivity index (χ1) is 10.5. The van der Waals surface area contributed by atoms with Crippen LogP contribution in [0, 0.1) is 12.7 Å². The second-order valence-corrected chi connectivity index (χ2v) is 4.95. The quantitative estimate of drug-likeness (QED) is 0.683. The number of ether oxygens (including phenoxy) is 1.